The molecule has 2 heterocycles. The summed E-state index contributed by atoms with van der Waals surface area (Å²) in [5.41, 5.74) is 1.90. The Morgan fingerprint density at radius 2 is 2.19 bits per heavy atom. The first kappa shape index (κ1) is 14.2. The van der Waals surface area contributed by atoms with Crippen LogP contribution in [0.15, 0.2) is 18.3 Å². The van der Waals surface area contributed by atoms with Crippen LogP contribution >= 0.6 is 0 Å². The van der Waals surface area contributed by atoms with Crippen LogP contribution < -0.4 is 10.6 Å². The van der Waals surface area contributed by atoms with E-state index in [4.69, 9.17) is 4.74 Å². The van der Waals surface area contributed by atoms with Crippen LogP contribution in [0, 0.1) is 5.92 Å². The minimum Gasteiger partial charge on any atom is -0.446 e. The lowest BCUT2D eigenvalue weighted by atomic mass is 9.93. The highest BCUT2D eigenvalue weighted by Gasteiger charge is 2.30. The highest BCUT2D eigenvalue weighted by atomic mass is 16.6. The van der Waals surface area contributed by atoms with Gasteiger partial charge in [0.2, 0.25) is 0 Å². The number of nitrogens with zero attached hydrogens (tertiary/aromatic N) is 1. The number of alkyl carbamates (subject to hydrolysis) is 1. The second kappa shape index (κ2) is 6.33. The summed E-state index contributed by atoms with van der Waals surface area (Å²) in [5.74, 6) is 0.284. The SMILES string of the molecule is C[C@H]1CNc2cccnc2[C@@H]1NC(=O)OC1CCCCC1. The molecule has 1 fully saturated rings. The molecule has 0 unspecified atom stereocenters. The largest absolute Gasteiger partial charge is 0.446 e. The second-order valence-corrected chi connectivity index (χ2v) is 6.08. The number of fused-ring (bicyclic) bond motifs is 1. The second-order valence-electron chi connectivity index (χ2n) is 6.08. The van der Waals surface area contributed by atoms with Gasteiger partial charge in [-0.1, -0.05) is 13.3 Å². The van der Waals surface area contributed by atoms with Gasteiger partial charge in [-0.2, -0.15) is 0 Å². The molecule has 2 N–H and O–H groups in total. The van der Waals surface area contributed by atoms with Crippen molar-refractivity contribution < 1.29 is 9.53 Å². The zero-order valence-corrected chi connectivity index (χ0v) is 12.5. The van der Waals surface area contributed by atoms with Gasteiger partial charge in [-0.25, -0.2) is 4.79 Å². The highest BCUT2D eigenvalue weighted by Crippen LogP contribution is 2.31. The van der Waals surface area contributed by atoms with Crippen molar-refractivity contribution in [3.8, 4) is 0 Å². The van der Waals surface area contributed by atoms with Crippen molar-refractivity contribution >= 4 is 11.8 Å². The van der Waals surface area contributed by atoms with Crippen molar-refractivity contribution in [3.05, 3.63) is 24.0 Å². The molecular formula is C16H23N3O2. The summed E-state index contributed by atoms with van der Waals surface area (Å²) in [6.45, 7) is 2.93. The van der Waals surface area contributed by atoms with E-state index in [0.717, 1.165) is 43.6 Å². The number of hydrogen-bond acceptors (Lipinski definition) is 4. The average molecular weight is 289 g/mol. The van der Waals surface area contributed by atoms with Gasteiger partial charge in [0, 0.05) is 12.7 Å². The highest BCUT2D eigenvalue weighted by molar-refractivity contribution is 5.69. The van der Waals surface area contributed by atoms with Crippen LogP contribution in [0.1, 0.15) is 50.8 Å². The molecule has 0 aromatic carbocycles. The molecule has 1 aromatic rings. The van der Waals surface area contributed by atoms with E-state index >= 15 is 0 Å². The van der Waals surface area contributed by atoms with Gasteiger partial charge in [0.25, 0.3) is 0 Å². The van der Waals surface area contributed by atoms with Gasteiger partial charge in [0.15, 0.2) is 0 Å². The van der Waals surface area contributed by atoms with Crippen molar-refractivity contribution in [2.45, 2.75) is 51.2 Å². The lowest BCUT2D eigenvalue weighted by molar-refractivity contribution is 0.0708. The van der Waals surface area contributed by atoms with E-state index in [9.17, 15) is 4.79 Å². The Labute approximate surface area is 125 Å². The molecule has 21 heavy (non-hydrogen) atoms. The van der Waals surface area contributed by atoms with Crippen LogP contribution in [0.3, 0.4) is 0 Å². The number of carbonyl (C=O) groups is 1. The molecule has 1 aliphatic carbocycles. The molecule has 2 aliphatic rings. The third-order valence-corrected chi connectivity index (χ3v) is 4.42. The van der Waals surface area contributed by atoms with E-state index in [1.165, 1.54) is 6.42 Å². The third kappa shape index (κ3) is 3.28. The Hall–Kier alpha value is -1.78. The van der Waals surface area contributed by atoms with E-state index < -0.39 is 0 Å². The fourth-order valence-corrected chi connectivity index (χ4v) is 3.18. The Morgan fingerprint density at radius 3 is 3.00 bits per heavy atom. The first-order chi connectivity index (χ1) is 10.2. The number of aromatic nitrogens is 1. The maximum atomic E-state index is 12.2. The van der Waals surface area contributed by atoms with Gasteiger partial charge < -0.3 is 15.4 Å². The number of amides is 1. The maximum absolute atomic E-state index is 12.2. The van der Waals surface area contributed by atoms with Crippen LogP contribution in [0.4, 0.5) is 10.5 Å². The summed E-state index contributed by atoms with van der Waals surface area (Å²) in [6, 6.07) is 3.81. The summed E-state index contributed by atoms with van der Waals surface area (Å²) in [5, 5.41) is 6.35. The van der Waals surface area contributed by atoms with E-state index in [2.05, 4.69) is 22.5 Å². The lowest BCUT2D eigenvalue weighted by Crippen LogP contribution is -2.40. The fraction of sp³-hybridized carbons (Fsp3) is 0.625. The zero-order chi connectivity index (χ0) is 14.7. The molecular weight excluding hydrogens is 266 g/mol. The van der Waals surface area contributed by atoms with Gasteiger partial charge in [-0.05, 0) is 43.7 Å². The van der Waals surface area contributed by atoms with Crippen molar-refractivity contribution in [1.29, 1.82) is 0 Å². The molecule has 1 aromatic heterocycles. The minimum absolute atomic E-state index is 0.0824. The first-order valence-electron chi connectivity index (χ1n) is 7.90. The number of ether oxygens (including phenoxy) is 1. The smallest absolute Gasteiger partial charge is 0.407 e. The Balaban J connectivity index is 1.64. The predicted molar refractivity (Wildman–Crippen MR) is 81.1 cm³/mol. The first-order valence-corrected chi connectivity index (χ1v) is 7.90. The van der Waals surface area contributed by atoms with Gasteiger partial charge >= 0.3 is 6.09 Å². The molecule has 5 heteroatoms. The number of nitrogens with one attached hydrogen (secondary N) is 2. The number of pyridine rings is 1. The predicted octanol–water partition coefficient (Wildman–Crippen LogP) is 3.24. The van der Waals surface area contributed by atoms with Crippen LogP contribution in [-0.4, -0.2) is 23.7 Å². The standard InChI is InChI=1S/C16H23N3O2/c1-11-10-18-13-8-5-9-17-15(13)14(11)19-16(20)21-12-6-3-2-4-7-12/h5,8-9,11-12,14,18H,2-4,6-7,10H2,1H3,(H,19,20)/t11-,14+/m0/s1. The molecule has 0 saturated heterocycles. The molecule has 2 atom stereocenters. The van der Waals surface area contributed by atoms with Crippen LogP contribution in [0.25, 0.3) is 0 Å². The Kier molecular flexibility index (Phi) is 4.27. The zero-order valence-electron chi connectivity index (χ0n) is 12.5. The van der Waals surface area contributed by atoms with E-state index in [-0.39, 0.29) is 24.2 Å². The fourth-order valence-electron chi connectivity index (χ4n) is 3.18. The van der Waals surface area contributed by atoms with Crippen molar-refractivity contribution in [1.82, 2.24) is 10.3 Å². The average Bonchev–Trinajstić information content (AvgIpc) is 2.51. The van der Waals surface area contributed by atoms with Crippen LogP contribution in [0.2, 0.25) is 0 Å². The van der Waals surface area contributed by atoms with Gasteiger partial charge in [-0.15, -0.1) is 0 Å². The summed E-state index contributed by atoms with van der Waals surface area (Å²) >= 11 is 0. The van der Waals surface area contributed by atoms with Gasteiger partial charge in [0.1, 0.15) is 6.10 Å². The number of anilines is 1. The normalized spacial score (nSPS) is 25.6. The molecule has 0 radical (unpaired) electrons. The summed E-state index contributed by atoms with van der Waals surface area (Å²) in [6.07, 6.45) is 7.09. The van der Waals surface area contributed by atoms with Gasteiger partial charge in [0.05, 0.1) is 17.4 Å². The molecule has 1 aliphatic heterocycles. The van der Waals surface area contributed by atoms with E-state index in [1.807, 2.05) is 12.1 Å². The quantitative estimate of drug-likeness (QED) is 0.877. The van der Waals surface area contributed by atoms with Crippen molar-refractivity contribution in [2.75, 3.05) is 11.9 Å². The molecule has 114 valence electrons. The molecule has 1 amide bonds. The number of rotatable bonds is 2. The van der Waals surface area contributed by atoms with Crippen molar-refractivity contribution in [3.63, 3.8) is 0 Å². The number of carbonyl (C=O) groups excluding carboxylic acids is 1. The van der Waals surface area contributed by atoms with Crippen molar-refractivity contribution in [2.24, 2.45) is 5.92 Å². The summed E-state index contributed by atoms with van der Waals surface area (Å²) < 4.78 is 5.56. The monoisotopic (exact) mass is 289 g/mol. The molecule has 3 rings (SSSR count). The van der Waals surface area contributed by atoms with Crippen LogP contribution in [-0.2, 0) is 4.74 Å². The molecule has 0 spiro atoms. The lowest BCUT2D eigenvalue weighted by Gasteiger charge is -2.32. The Bertz CT molecular complexity index is 500. The van der Waals surface area contributed by atoms with E-state index in [1.54, 1.807) is 6.20 Å². The van der Waals surface area contributed by atoms with Crippen LogP contribution in [0.5, 0.6) is 0 Å². The summed E-state index contributed by atoms with van der Waals surface area (Å²) in [7, 11) is 0. The number of hydrogen-bond donors (Lipinski definition) is 2. The molecule has 1 saturated carbocycles. The Morgan fingerprint density at radius 1 is 1.38 bits per heavy atom. The summed E-state index contributed by atoms with van der Waals surface area (Å²) in [4.78, 5) is 16.6. The third-order valence-electron chi connectivity index (χ3n) is 4.42. The minimum atomic E-state index is -0.308. The van der Waals surface area contributed by atoms with Gasteiger partial charge in [-0.3, -0.25) is 4.98 Å². The maximum Gasteiger partial charge on any atom is 0.407 e. The molecule has 0 bridgehead atoms. The molecule has 5 nitrogen and oxygen atoms in total. The topological polar surface area (TPSA) is 63.2 Å². The van der Waals surface area contributed by atoms with E-state index in [0.29, 0.717) is 0 Å².